The molecule has 0 radical (unpaired) electrons. The second-order valence-electron chi connectivity index (χ2n) is 5.44. The molecule has 1 unspecified atom stereocenters. The Hall–Kier alpha value is -2.08. The van der Waals surface area contributed by atoms with Crippen molar-refractivity contribution in [2.75, 3.05) is 13.4 Å². The number of hydrogen-bond acceptors (Lipinski definition) is 4. The fourth-order valence-corrected chi connectivity index (χ4v) is 3.22. The number of ether oxygens (including phenoxy) is 1. The van der Waals surface area contributed by atoms with Crippen LogP contribution >= 0.6 is 11.8 Å². The van der Waals surface area contributed by atoms with Crippen molar-refractivity contribution >= 4 is 11.8 Å². The SMILES string of the molecule is COCn1ccnc1C(O)(c1ccccc1)c1ccc(SC)cc1. The first-order valence-corrected chi connectivity index (χ1v) is 8.85. The molecule has 0 fully saturated rings. The van der Waals surface area contributed by atoms with E-state index < -0.39 is 5.60 Å². The minimum Gasteiger partial charge on any atom is -0.373 e. The van der Waals surface area contributed by atoms with Crippen LogP contribution in [0.4, 0.5) is 0 Å². The maximum Gasteiger partial charge on any atom is 0.173 e. The molecule has 0 aliphatic heterocycles. The summed E-state index contributed by atoms with van der Waals surface area (Å²) in [6, 6.07) is 17.5. The maximum atomic E-state index is 11.7. The number of aliphatic hydroxyl groups is 1. The summed E-state index contributed by atoms with van der Waals surface area (Å²) in [6.07, 6.45) is 5.52. The highest BCUT2D eigenvalue weighted by molar-refractivity contribution is 7.98. The number of hydrogen-bond donors (Lipinski definition) is 1. The molecule has 3 aromatic rings. The standard InChI is InChI=1S/C19H20N2O2S/c1-23-14-21-13-12-20-18(21)19(22,15-6-4-3-5-7-15)16-8-10-17(24-2)11-9-16/h3-13,22H,14H2,1-2H3. The van der Waals surface area contributed by atoms with E-state index in [1.165, 1.54) is 0 Å². The highest BCUT2D eigenvalue weighted by Crippen LogP contribution is 2.36. The van der Waals surface area contributed by atoms with Crippen molar-refractivity contribution in [3.05, 3.63) is 83.9 Å². The Morgan fingerprint density at radius 3 is 2.38 bits per heavy atom. The lowest BCUT2D eigenvalue weighted by Gasteiger charge is -2.29. The monoisotopic (exact) mass is 340 g/mol. The van der Waals surface area contributed by atoms with Gasteiger partial charge < -0.3 is 14.4 Å². The number of rotatable bonds is 6. The van der Waals surface area contributed by atoms with E-state index in [0.717, 1.165) is 16.0 Å². The molecular formula is C19H20N2O2S. The summed E-state index contributed by atoms with van der Waals surface area (Å²) in [4.78, 5) is 5.58. The van der Waals surface area contributed by atoms with Crippen LogP contribution < -0.4 is 0 Å². The van der Waals surface area contributed by atoms with Gasteiger partial charge in [-0.1, -0.05) is 42.5 Å². The fraction of sp³-hybridized carbons (Fsp3) is 0.211. The Balaban J connectivity index is 2.19. The first-order valence-electron chi connectivity index (χ1n) is 7.63. The average molecular weight is 340 g/mol. The first-order chi connectivity index (χ1) is 11.7. The largest absolute Gasteiger partial charge is 0.373 e. The van der Waals surface area contributed by atoms with Gasteiger partial charge in [0.15, 0.2) is 11.4 Å². The Kier molecular flexibility index (Phi) is 5.04. The van der Waals surface area contributed by atoms with Crippen LogP contribution in [0, 0.1) is 0 Å². The maximum absolute atomic E-state index is 11.7. The molecule has 0 saturated heterocycles. The third-order valence-corrected chi connectivity index (χ3v) is 4.75. The molecule has 0 aliphatic rings. The van der Waals surface area contributed by atoms with Crippen LogP contribution in [-0.2, 0) is 17.1 Å². The molecule has 4 nitrogen and oxygen atoms in total. The molecule has 0 bridgehead atoms. The lowest BCUT2D eigenvalue weighted by Crippen LogP contribution is -2.32. The summed E-state index contributed by atoms with van der Waals surface area (Å²) in [5, 5.41) is 11.7. The van der Waals surface area contributed by atoms with Crippen molar-refractivity contribution in [1.82, 2.24) is 9.55 Å². The fourth-order valence-electron chi connectivity index (χ4n) is 2.81. The van der Waals surface area contributed by atoms with E-state index in [9.17, 15) is 5.11 Å². The van der Waals surface area contributed by atoms with Crippen LogP contribution in [0.3, 0.4) is 0 Å². The van der Waals surface area contributed by atoms with Gasteiger partial charge in [-0.3, -0.25) is 0 Å². The van der Waals surface area contributed by atoms with Crippen molar-refractivity contribution in [2.24, 2.45) is 0 Å². The molecule has 5 heteroatoms. The Labute approximate surface area is 146 Å². The number of methoxy groups -OCH3 is 1. The molecule has 0 saturated carbocycles. The van der Waals surface area contributed by atoms with E-state index in [4.69, 9.17) is 4.74 Å². The number of imidazole rings is 1. The molecule has 3 rings (SSSR count). The molecule has 1 heterocycles. The second kappa shape index (κ2) is 7.21. The first kappa shape index (κ1) is 16.8. The van der Waals surface area contributed by atoms with Gasteiger partial charge in [-0.25, -0.2) is 4.98 Å². The van der Waals surface area contributed by atoms with Crippen molar-refractivity contribution in [3.8, 4) is 0 Å². The van der Waals surface area contributed by atoms with Gasteiger partial charge >= 0.3 is 0 Å². The van der Waals surface area contributed by atoms with Gasteiger partial charge in [-0.2, -0.15) is 0 Å². The molecule has 0 spiro atoms. The molecule has 2 aromatic carbocycles. The number of nitrogens with zero attached hydrogens (tertiary/aromatic N) is 2. The van der Waals surface area contributed by atoms with Gasteiger partial charge in [0.2, 0.25) is 0 Å². The Bertz CT molecular complexity index is 787. The smallest absolute Gasteiger partial charge is 0.173 e. The van der Waals surface area contributed by atoms with E-state index in [-0.39, 0.29) is 0 Å². The molecular weight excluding hydrogens is 320 g/mol. The van der Waals surface area contributed by atoms with Crippen molar-refractivity contribution in [3.63, 3.8) is 0 Å². The summed E-state index contributed by atoms with van der Waals surface area (Å²) in [7, 11) is 1.62. The lowest BCUT2D eigenvalue weighted by atomic mass is 9.85. The van der Waals surface area contributed by atoms with Crippen LogP contribution in [0.2, 0.25) is 0 Å². The minimum atomic E-state index is -1.35. The van der Waals surface area contributed by atoms with Crippen molar-refractivity contribution in [1.29, 1.82) is 0 Å². The molecule has 1 aromatic heterocycles. The van der Waals surface area contributed by atoms with Crippen molar-refractivity contribution in [2.45, 2.75) is 17.2 Å². The normalized spacial score (nSPS) is 13.6. The van der Waals surface area contributed by atoms with Gasteiger partial charge in [0.1, 0.15) is 6.73 Å². The molecule has 1 atom stereocenters. The zero-order valence-corrected chi connectivity index (χ0v) is 14.5. The van der Waals surface area contributed by atoms with Gasteiger partial charge in [-0.05, 0) is 29.5 Å². The van der Waals surface area contributed by atoms with E-state index in [1.807, 2.05) is 71.6 Å². The summed E-state index contributed by atoms with van der Waals surface area (Å²) in [5.41, 5.74) is 0.195. The minimum absolute atomic E-state index is 0.327. The summed E-state index contributed by atoms with van der Waals surface area (Å²) >= 11 is 1.67. The summed E-state index contributed by atoms with van der Waals surface area (Å²) < 4.78 is 7.05. The molecule has 0 aliphatic carbocycles. The third kappa shape index (κ3) is 2.98. The number of aromatic nitrogens is 2. The number of benzene rings is 2. The van der Waals surface area contributed by atoms with Gasteiger partial charge in [-0.15, -0.1) is 11.8 Å². The molecule has 1 N–H and O–H groups in total. The van der Waals surface area contributed by atoms with Gasteiger partial charge in [0.25, 0.3) is 0 Å². The van der Waals surface area contributed by atoms with Crippen LogP contribution in [0.25, 0.3) is 0 Å². The summed E-state index contributed by atoms with van der Waals surface area (Å²) in [6.45, 7) is 0.327. The average Bonchev–Trinajstić information content (AvgIpc) is 3.11. The zero-order chi connectivity index (χ0) is 17.0. The lowest BCUT2D eigenvalue weighted by molar-refractivity contribution is 0.0845. The highest BCUT2D eigenvalue weighted by atomic mass is 32.2. The molecule has 24 heavy (non-hydrogen) atoms. The van der Waals surface area contributed by atoms with Gasteiger partial charge in [0, 0.05) is 24.4 Å². The zero-order valence-electron chi connectivity index (χ0n) is 13.7. The predicted octanol–water partition coefficient (Wildman–Crippen LogP) is 3.49. The van der Waals surface area contributed by atoms with Crippen LogP contribution in [0.1, 0.15) is 17.0 Å². The van der Waals surface area contributed by atoms with Crippen molar-refractivity contribution < 1.29 is 9.84 Å². The summed E-state index contributed by atoms with van der Waals surface area (Å²) in [5.74, 6) is 0.535. The van der Waals surface area contributed by atoms with E-state index in [0.29, 0.717) is 12.6 Å². The van der Waals surface area contributed by atoms with Gasteiger partial charge in [0.05, 0.1) is 0 Å². The van der Waals surface area contributed by atoms with E-state index in [2.05, 4.69) is 4.98 Å². The van der Waals surface area contributed by atoms with E-state index in [1.54, 1.807) is 25.1 Å². The number of thioether (sulfide) groups is 1. The second-order valence-corrected chi connectivity index (χ2v) is 6.32. The predicted molar refractivity (Wildman–Crippen MR) is 96.0 cm³/mol. The van der Waals surface area contributed by atoms with E-state index >= 15 is 0 Å². The van der Waals surface area contributed by atoms with Crippen LogP contribution in [0.5, 0.6) is 0 Å². The van der Waals surface area contributed by atoms with Crippen LogP contribution in [0.15, 0.2) is 71.9 Å². The quantitative estimate of drug-likeness (QED) is 0.698. The third-order valence-electron chi connectivity index (χ3n) is 4.01. The van der Waals surface area contributed by atoms with Crippen LogP contribution in [-0.4, -0.2) is 28.0 Å². The highest BCUT2D eigenvalue weighted by Gasteiger charge is 2.37. The topological polar surface area (TPSA) is 47.3 Å². The Morgan fingerprint density at radius 2 is 1.75 bits per heavy atom. The molecule has 124 valence electrons. The Morgan fingerprint density at radius 1 is 1.08 bits per heavy atom. The molecule has 0 amide bonds.